The smallest absolute Gasteiger partial charge is 0.303 e. The number of rotatable bonds is 6. The first kappa shape index (κ1) is 14.0. The Hall–Kier alpha value is -0.380. The number of carboxylic acids is 1. The number of thioether (sulfide) groups is 1. The first-order valence-electron chi connectivity index (χ1n) is 5.75. The van der Waals surface area contributed by atoms with E-state index in [1.807, 2.05) is 18.2 Å². The maximum Gasteiger partial charge on any atom is 0.303 e. The summed E-state index contributed by atoms with van der Waals surface area (Å²) in [7, 11) is 0. The van der Waals surface area contributed by atoms with Gasteiger partial charge in [0.25, 0.3) is 0 Å². The van der Waals surface area contributed by atoms with Crippen LogP contribution in [-0.2, 0) is 10.5 Å². The second kappa shape index (κ2) is 5.72. The minimum absolute atomic E-state index is 0.0181. The highest BCUT2D eigenvalue weighted by atomic mass is 35.5. The van der Waals surface area contributed by atoms with Crippen LogP contribution in [0.3, 0.4) is 0 Å². The Balaban J connectivity index is 1.87. The summed E-state index contributed by atoms with van der Waals surface area (Å²) in [6, 6.07) is 5.48. The van der Waals surface area contributed by atoms with Gasteiger partial charge in [-0.2, -0.15) is 11.8 Å². The average molecular weight is 305 g/mol. The molecule has 5 heteroatoms. The highest BCUT2D eigenvalue weighted by Crippen LogP contribution is 2.51. The lowest BCUT2D eigenvalue weighted by Crippen LogP contribution is -2.11. The van der Waals surface area contributed by atoms with E-state index in [1.165, 1.54) is 0 Å². The van der Waals surface area contributed by atoms with Crippen LogP contribution in [0.1, 0.15) is 24.8 Å². The molecule has 2 nitrogen and oxygen atoms in total. The summed E-state index contributed by atoms with van der Waals surface area (Å²) in [4.78, 5) is 10.7. The van der Waals surface area contributed by atoms with Crippen LogP contribution in [0.5, 0.6) is 0 Å². The summed E-state index contributed by atoms with van der Waals surface area (Å²) >= 11 is 13.9. The van der Waals surface area contributed by atoms with Crippen molar-refractivity contribution in [2.45, 2.75) is 25.0 Å². The Morgan fingerprint density at radius 3 is 2.44 bits per heavy atom. The summed E-state index contributed by atoms with van der Waals surface area (Å²) in [6.07, 6.45) is 2.31. The van der Waals surface area contributed by atoms with Gasteiger partial charge in [0.05, 0.1) is 6.42 Å². The lowest BCUT2D eigenvalue weighted by molar-refractivity contribution is -0.138. The third kappa shape index (κ3) is 3.56. The standard InChI is InChI=1S/C13H14Cl2O2S/c14-10-2-1-3-11(15)9(10)7-18-8-13(4-5-13)6-12(16)17/h1-3H,4-8H2,(H,16,17). The van der Waals surface area contributed by atoms with Crippen molar-refractivity contribution >= 4 is 40.9 Å². The van der Waals surface area contributed by atoms with Gasteiger partial charge < -0.3 is 5.11 Å². The van der Waals surface area contributed by atoms with Crippen molar-refractivity contribution in [3.05, 3.63) is 33.8 Å². The number of carboxylic acid groups (broad SMARTS) is 1. The Labute approximate surface area is 121 Å². The minimum Gasteiger partial charge on any atom is -0.481 e. The zero-order valence-corrected chi connectivity index (χ0v) is 12.1. The van der Waals surface area contributed by atoms with Crippen molar-refractivity contribution in [1.29, 1.82) is 0 Å². The Bertz CT molecular complexity index is 438. The molecule has 2 rings (SSSR count). The third-order valence-corrected chi connectivity index (χ3v) is 5.22. The molecule has 18 heavy (non-hydrogen) atoms. The molecular formula is C13H14Cl2O2S. The zero-order valence-electron chi connectivity index (χ0n) is 9.79. The summed E-state index contributed by atoms with van der Waals surface area (Å²) in [5.74, 6) is 0.893. The summed E-state index contributed by atoms with van der Waals surface area (Å²) < 4.78 is 0. The van der Waals surface area contributed by atoms with Crippen LogP contribution in [0.15, 0.2) is 18.2 Å². The Morgan fingerprint density at radius 2 is 1.94 bits per heavy atom. The van der Waals surface area contributed by atoms with Gasteiger partial charge in [-0.3, -0.25) is 4.79 Å². The van der Waals surface area contributed by atoms with E-state index in [1.54, 1.807) is 11.8 Å². The fourth-order valence-corrected chi connectivity index (χ4v) is 4.04. The summed E-state index contributed by atoms with van der Waals surface area (Å²) in [6.45, 7) is 0. The molecule has 0 atom stereocenters. The number of benzene rings is 1. The summed E-state index contributed by atoms with van der Waals surface area (Å²) in [5.41, 5.74) is 0.960. The highest BCUT2D eigenvalue weighted by Gasteiger charge is 2.44. The van der Waals surface area contributed by atoms with Gasteiger partial charge in [0.2, 0.25) is 0 Å². The highest BCUT2D eigenvalue weighted by molar-refractivity contribution is 7.98. The largest absolute Gasteiger partial charge is 0.481 e. The van der Waals surface area contributed by atoms with Crippen LogP contribution >= 0.6 is 35.0 Å². The Kier molecular flexibility index (Phi) is 4.46. The summed E-state index contributed by atoms with van der Waals surface area (Å²) in [5, 5.41) is 10.2. The van der Waals surface area contributed by atoms with Crippen molar-refractivity contribution in [3.8, 4) is 0 Å². The van der Waals surface area contributed by atoms with Crippen molar-refractivity contribution in [2.75, 3.05) is 5.75 Å². The predicted octanol–water partition coefficient (Wildman–Crippen LogP) is 4.48. The monoisotopic (exact) mass is 304 g/mol. The molecule has 1 aromatic rings. The van der Waals surface area contributed by atoms with Crippen LogP contribution in [-0.4, -0.2) is 16.8 Å². The first-order chi connectivity index (χ1) is 8.52. The van der Waals surface area contributed by atoms with E-state index in [-0.39, 0.29) is 11.8 Å². The van der Waals surface area contributed by atoms with Crippen LogP contribution in [0.2, 0.25) is 10.0 Å². The molecule has 0 unspecified atom stereocenters. The van der Waals surface area contributed by atoms with E-state index in [9.17, 15) is 4.79 Å². The van der Waals surface area contributed by atoms with Crippen LogP contribution < -0.4 is 0 Å². The van der Waals surface area contributed by atoms with E-state index in [0.717, 1.165) is 29.9 Å². The molecule has 0 aliphatic heterocycles. The average Bonchev–Trinajstić information content (AvgIpc) is 3.02. The topological polar surface area (TPSA) is 37.3 Å². The van der Waals surface area contributed by atoms with Gasteiger partial charge in [-0.05, 0) is 41.7 Å². The molecule has 0 saturated heterocycles. The van der Waals surface area contributed by atoms with Gasteiger partial charge in [0.1, 0.15) is 0 Å². The molecule has 1 fully saturated rings. The lowest BCUT2D eigenvalue weighted by Gasteiger charge is -2.12. The second-order valence-corrected chi connectivity index (χ2v) is 6.56. The van der Waals surface area contributed by atoms with E-state index >= 15 is 0 Å². The first-order valence-corrected chi connectivity index (χ1v) is 7.66. The molecule has 0 heterocycles. The maximum absolute atomic E-state index is 10.7. The van der Waals surface area contributed by atoms with Gasteiger partial charge in [-0.25, -0.2) is 0 Å². The number of aliphatic carboxylic acids is 1. The SMILES string of the molecule is O=C(O)CC1(CSCc2c(Cl)cccc2Cl)CC1. The van der Waals surface area contributed by atoms with E-state index in [0.29, 0.717) is 10.0 Å². The molecule has 0 radical (unpaired) electrons. The maximum atomic E-state index is 10.7. The number of halogens is 2. The van der Waals surface area contributed by atoms with Gasteiger partial charge in [0.15, 0.2) is 0 Å². The predicted molar refractivity (Wildman–Crippen MR) is 76.5 cm³/mol. The molecule has 98 valence electrons. The number of hydrogen-bond acceptors (Lipinski definition) is 2. The molecule has 1 N–H and O–H groups in total. The number of hydrogen-bond donors (Lipinski definition) is 1. The fraction of sp³-hybridized carbons (Fsp3) is 0.462. The molecule has 1 saturated carbocycles. The molecule has 1 aromatic carbocycles. The molecule has 0 aromatic heterocycles. The van der Waals surface area contributed by atoms with Crippen molar-refractivity contribution in [3.63, 3.8) is 0 Å². The van der Waals surface area contributed by atoms with Crippen LogP contribution in [0.25, 0.3) is 0 Å². The molecule has 1 aliphatic carbocycles. The van der Waals surface area contributed by atoms with Gasteiger partial charge in [-0.15, -0.1) is 0 Å². The normalized spacial score (nSPS) is 16.6. The van der Waals surface area contributed by atoms with Crippen molar-refractivity contribution in [1.82, 2.24) is 0 Å². The van der Waals surface area contributed by atoms with Gasteiger partial charge >= 0.3 is 5.97 Å². The number of carbonyl (C=O) groups is 1. The quantitative estimate of drug-likeness (QED) is 0.842. The van der Waals surface area contributed by atoms with Gasteiger partial charge in [0, 0.05) is 15.8 Å². The van der Waals surface area contributed by atoms with E-state index < -0.39 is 5.97 Å². The molecule has 1 aliphatic rings. The van der Waals surface area contributed by atoms with Crippen molar-refractivity contribution in [2.24, 2.45) is 5.41 Å². The Morgan fingerprint density at radius 1 is 1.33 bits per heavy atom. The second-order valence-electron chi connectivity index (χ2n) is 4.76. The minimum atomic E-state index is -0.705. The van der Waals surface area contributed by atoms with Crippen LogP contribution in [0.4, 0.5) is 0 Å². The van der Waals surface area contributed by atoms with Crippen LogP contribution in [0, 0.1) is 5.41 Å². The van der Waals surface area contributed by atoms with Crippen molar-refractivity contribution < 1.29 is 9.90 Å². The molecular weight excluding hydrogens is 291 g/mol. The zero-order chi connectivity index (χ0) is 13.2. The fourth-order valence-electron chi connectivity index (χ4n) is 1.91. The molecule has 0 bridgehead atoms. The lowest BCUT2D eigenvalue weighted by atomic mass is 10.1. The molecule has 0 amide bonds. The van der Waals surface area contributed by atoms with E-state index in [2.05, 4.69) is 0 Å². The van der Waals surface area contributed by atoms with E-state index in [4.69, 9.17) is 28.3 Å². The third-order valence-electron chi connectivity index (χ3n) is 3.20. The van der Waals surface area contributed by atoms with Gasteiger partial charge in [-0.1, -0.05) is 29.3 Å². The molecule has 0 spiro atoms.